The summed E-state index contributed by atoms with van der Waals surface area (Å²) < 4.78 is 22.2. The van der Waals surface area contributed by atoms with Gasteiger partial charge in [-0.1, -0.05) is 31.8 Å². The second-order valence-corrected chi connectivity index (χ2v) is 18.8. The number of benzene rings is 1. The molecule has 1 heterocycles. The third-order valence-electron chi connectivity index (χ3n) is 5.68. The van der Waals surface area contributed by atoms with E-state index >= 15 is 0 Å². The van der Waals surface area contributed by atoms with Crippen molar-refractivity contribution in [2.75, 3.05) is 19.9 Å². The summed E-state index contributed by atoms with van der Waals surface area (Å²) in [5.74, 6) is -0.290. The largest absolute Gasteiger partial charge is 0.466 e. The van der Waals surface area contributed by atoms with Crippen molar-refractivity contribution in [2.45, 2.75) is 98.7 Å². The quantitative estimate of drug-likeness (QED) is 0.0649. The molecule has 2 amide bonds. The number of esters is 1. The van der Waals surface area contributed by atoms with E-state index < -0.39 is 31.5 Å². The molecule has 1 aromatic heterocycles. The van der Waals surface area contributed by atoms with E-state index in [9.17, 15) is 14.4 Å². The van der Waals surface area contributed by atoms with Gasteiger partial charge in [-0.2, -0.15) is 4.99 Å². The van der Waals surface area contributed by atoms with Crippen molar-refractivity contribution in [1.29, 1.82) is 0 Å². The molecule has 0 saturated carbocycles. The maximum Gasteiger partial charge on any atom is 0.436 e. The van der Waals surface area contributed by atoms with Crippen molar-refractivity contribution in [2.24, 2.45) is 4.99 Å². The van der Waals surface area contributed by atoms with Crippen LogP contribution >= 0.6 is 0 Å². The molecule has 1 aromatic carbocycles. The topological polar surface area (TPSA) is 120 Å². The number of hydrogen-bond donors (Lipinski definition) is 1. The normalized spacial score (nSPS) is 12.8. The zero-order valence-electron chi connectivity index (χ0n) is 26.5. The number of rotatable bonds is 9. The smallest absolute Gasteiger partial charge is 0.436 e. The van der Waals surface area contributed by atoms with Crippen LogP contribution in [0.25, 0.3) is 10.9 Å². The summed E-state index contributed by atoms with van der Waals surface area (Å²) in [6, 6.07) is 6.24. The first-order chi connectivity index (χ1) is 18.8. The molecule has 0 unspecified atom stereocenters. The van der Waals surface area contributed by atoms with Crippen LogP contribution in [0, 0.1) is 6.92 Å². The third-order valence-corrected chi connectivity index (χ3v) is 7.39. The number of ether oxygens (including phenoxy) is 4. The zero-order chi connectivity index (χ0) is 31.2. The molecule has 0 aliphatic carbocycles. The average molecular weight is 590 g/mol. The van der Waals surface area contributed by atoms with Crippen LogP contribution in [0.1, 0.15) is 65.3 Å². The van der Waals surface area contributed by atoms with E-state index in [0.29, 0.717) is 24.3 Å². The molecule has 0 saturated heterocycles. The van der Waals surface area contributed by atoms with Gasteiger partial charge < -0.3 is 23.9 Å². The van der Waals surface area contributed by atoms with Gasteiger partial charge in [-0.3, -0.25) is 4.79 Å². The minimum Gasteiger partial charge on any atom is -0.466 e. The van der Waals surface area contributed by atoms with Crippen LogP contribution < -0.4 is 0 Å². The number of nitrogens with one attached hydrogen (secondary N) is 1. The lowest BCUT2D eigenvalue weighted by Gasteiger charge is -2.28. The highest BCUT2D eigenvalue weighted by Gasteiger charge is 2.29. The fourth-order valence-electron chi connectivity index (χ4n) is 3.82. The number of aryl methyl sites for hydroxylation is 1. The number of carbonyl (C=O) groups excluding carboxylic acids is 3. The van der Waals surface area contributed by atoms with Crippen LogP contribution in [0.5, 0.6) is 0 Å². The lowest BCUT2D eigenvalue weighted by atomic mass is 10.1. The Kier molecular flexibility index (Phi) is 11.3. The van der Waals surface area contributed by atoms with Crippen molar-refractivity contribution < 1.29 is 33.3 Å². The molecule has 41 heavy (non-hydrogen) atoms. The van der Waals surface area contributed by atoms with Crippen LogP contribution in [0.15, 0.2) is 23.2 Å². The lowest BCUT2D eigenvalue weighted by Crippen LogP contribution is -2.43. The van der Waals surface area contributed by atoms with Gasteiger partial charge in [0.05, 0.1) is 13.0 Å². The first-order valence-corrected chi connectivity index (χ1v) is 17.7. The molecule has 10 nitrogen and oxygen atoms in total. The Labute approximate surface area is 244 Å². The van der Waals surface area contributed by atoms with E-state index in [4.69, 9.17) is 18.9 Å². The number of aliphatic imine (C=N–C) groups is 1. The Hall–Kier alpha value is -3.18. The van der Waals surface area contributed by atoms with Crippen molar-refractivity contribution in [3.63, 3.8) is 0 Å². The van der Waals surface area contributed by atoms with Gasteiger partial charge in [0.25, 0.3) is 0 Å². The molecule has 2 aromatic rings. The monoisotopic (exact) mass is 589 g/mol. The third kappa shape index (κ3) is 11.3. The molecule has 228 valence electrons. The summed E-state index contributed by atoms with van der Waals surface area (Å²) in [7, 11) is -1.39. The van der Waals surface area contributed by atoms with E-state index in [-0.39, 0.29) is 25.0 Å². The second-order valence-electron chi connectivity index (χ2n) is 13.1. The van der Waals surface area contributed by atoms with Crippen molar-refractivity contribution in [1.82, 2.24) is 9.88 Å². The number of nitrogens with zero attached hydrogens (tertiary/aromatic N) is 2. The molecular weight excluding hydrogens is 542 g/mol. The number of carbonyl (C=O) groups is 3. The minimum absolute atomic E-state index is 0.0302. The molecule has 2 rings (SSSR count). The number of hydrogen-bond acceptors (Lipinski definition) is 7. The predicted molar refractivity (Wildman–Crippen MR) is 163 cm³/mol. The van der Waals surface area contributed by atoms with Crippen LogP contribution in [0.4, 0.5) is 9.59 Å². The first-order valence-electron chi connectivity index (χ1n) is 14.0. The number of H-pyrrole nitrogens is 1. The van der Waals surface area contributed by atoms with Crippen molar-refractivity contribution >= 4 is 43.0 Å². The van der Waals surface area contributed by atoms with E-state index in [0.717, 1.165) is 22.7 Å². The van der Waals surface area contributed by atoms with Crippen LogP contribution in [0.2, 0.25) is 25.7 Å². The number of fused-ring (bicyclic) bond motifs is 1. The second kappa shape index (κ2) is 13.7. The molecule has 11 heteroatoms. The molecular formula is C30H47N3O7Si. The summed E-state index contributed by atoms with van der Waals surface area (Å²) in [5, 5.41) is 0.825. The van der Waals surface area contributed by atoms with E-state index in [2.05, 4.69) is 29.6 Å². The standard InChI is InChI=1S/C30H47N3O7Si/c1-12-38-25(34)18-23-20(2)31-24-17-21(13-14-22(23)24)26(32-27(35)39-29(3,4)5)33(28(36)40-30(6,7)8)19-37-15-16-41(9,10)11/h13-14,17,31H,12,15-16,18-19H2,1-11H3/b32-26-. The molecule has 0 spiro atoms. The predicted octanol–water partition coefficient (Wildman–Crippen LogP) is 6.81. The number of aromatic amines is 1. The Bertz CT molecular complexity index is 1260. The number of aromatic nitrogens is 1. The maximum absolute atomic E-state index is 13.5. The Morgan fingerprint density at radius 1 is 1.00 bits per heavy atom. The lowest BCUT2D eigenvalue weighted by molar-refractivity contribution is -0.142. The summed E-state index contributed by atoms with van der Waals surface area (Å²) in [6.45, 7) is 21.4. The van der Waals surface area contributed by atoms with Crippen LogP contribution in [0.3, 0.4) is 0 Å². The highest BCUT2D eigenvalue weighted by atomic mass is 28.3. The summed E-state index contributed by atoms with van der Waals surface area (Å²) in [5.41, 5.74) is 1.21. The molecule has 0 atom stereocenters. The summed E-state index contributed by atoms with van der Waals surface area (Å²) in [6.07, 6.45) is -1.44. The van der Waals surface area contributed by atoms with Crippen LogP contribution in [-0.4, -0.2) is 73.1 Å². The van der Waals surface area contributed by atoms with Gasteiger partial charge in [-0.15, -0.1) is 0 Å². The highest BCUT2D eigenvalue weighted by Crippen LogP contribution is 2.26. The molecule has 0 fully saturated rings. The van der Waals surface area contributed by atoms with Crippen LogP contribution in [-0.2, 0) is 30.2 Å². The fraction of sp³-hybridized carbons (Fsp3) is 0.600. The van der Waals surface area contributed by atoms with E-state index in [1.807, 2.05) is 13.0 Å². The SMILES string of the molecule is CCOC(=O)Cc1c(C)[nH]c2cc(/C(=N/C(=O)OC(C)(C)C)N(COCC[Si](C)(C)C)C(=O)OC(C)(C)C)ccc12. The molecule has 0 aliphatic heterocycles. The zero-order valence-corrected chi connectivity index (χ0v) is 27.5. The average Bonchev–Trinajstić information content (AvgIpc) is 3.09. The van der Waals surface area contributed by atoms with Gasteiger partial charge in [-0.05, 0) is 73.1 Å². The van der Waals surface area contributed by atoms with Crippen molar-refractivity contribution in [3.05, 3.63) is 35.0 Å². The Morgan fingerprint density at radius 2 is 1.63 bits per heavy atom. The van der Waals surface area contributed by atoms with Crippen molar-refractivity contribution in [3.8, 4) is 0 Å². The highest BCUT2D eigenvalue weighted by molar-refractivity contribution is 6.76. The summed E-state index contributed by atoms with van der Waals surface area (Å²) >= 11 is 0. The summed E-state index contributed by atoms with van der Waals surface area (Å²) in [4.78, 5) is 47.4. The van der Waals surface area contributed by atoms with E-state index in [1.54, 1.807) is 60.6 Å². The van der Waals surface area contributed by atoms with Gasteiger partial charge in [0.1, 0.15) is 17.9 Å². The molecule has 1 N–H and O–H groups in total. The number of amidine groups is 1. The molecule has 0 bridgehead atoms. The van der Waals surface area contributed by atoms with E-state index in [1.165, 1.54) is 4.90 Å². The fourth-order valence-corrected chi connectivity index (χ4v) is 4.57. The minimum atomic E-state index is -1.39. The molecule has 0 radical (unpaired) electrons. The maximum atomic E-state index is 13.5. The Morgan fingerprint density at radius 3 is 2.20 bits per heavy atom. The van der Waals surface area contributed by atoms with Gasteiger partial charge in [-0.25, -0.2) is 14.5 Å². The Balaban J connectivity index is 2.61. The van der Waals surface area contributed by atoms with Gasteiger partial charge in [0.15, 0.2) is 5.84 Å². The first kappa shape index (κ1) is 34.0. The van der Waals surface area contributed by atoms with Gasteiger partial charge >= 0.3 is 18.2 Å². The number of amides is 2. The van der Waals surface area contributed by atoms with Gasteiger partial charge in [0.2, 0.25) is 0 Å². The molecule has 0 aliphatic rings. The van der Waals surface area contributed by atoms with Gasteiger partial charge in [0, 0.05) is 36.8 Å².